The van der Waals surface area contributed by atoms with E-state index >= 15 is 0 Å². The molecule has 0 radical (unpaired) electrons. The van der Waals surface area contributed by atoms with Crippen molar-refractivity contribution in [1.29, 1.82) is 0 Å². The second-order valence-corrected chi connectivity index (χ2v) is 4.76. The third-order valence-electron chi connectivity index (χ3n) is 2.09. The monoisotopic (exact) mass is 217 g/mol. The zero-order valence-electron chi connectivity index (χ0n) is 10.2. The van der Waals surface area contributed by atoms with Crippen LogP contribution in [-0.4, -0.2) is 17.3 Å². The molecule has 0 aromatic heterocycles. The normalized spacial score (nSPS) is 10.8. The Kier molecular flexibility index (Phi) is 4.54. The van der Waals surface area contributed by atoms with Gasteiger partial charge in [0.15, 0.2) is 0 Å². The van der Waals surface area contributed by atoms with E-state index in [1.807, 2.05) is 12.1 Å². The first kappa shape index (κ1) is 12.8. The van der Waals surface area contributed by atoms with Crippen molar-refractivity contribution < 1.29 is 5.11 Å². The van der Waals surface area contributed by atoms with Gasteiger partial charge < -0.3 is 10.4 Å². The van der Waals surface area contributed by atoms with Gasteiger partial charge in [0.2, 0.25) is 0 Å². The molecule has 0 aliphatic rings. The summed E-state index contributed by atoms with van der Waals surface area (Å²) in [6, 6.07) is 8.06. The fourth-order valence-corrected chi connectivity index (χ4v) is 1.21. The minimum Gasteiger partial charge on any atom is -0.384 e. The van der Waals surface area contributed by atoms with E-state index in [0.29, 0.717) is 0 Å². The van der Waals surface area contributed by atoms with E-state index < -0.39 is 0 Å². The van der Waals surface area contributed by atoms with E-state index in [1.54, 1.807) is 0 Å². The minimum absolute atomic E-state index is 0.0899. The lowest BCUT2D eigenvalue weighted by Crippen LogP contribution is -2.35. The molecule has 0 saturated carbocycles. The molecule has 1 rings (SSSR count). The Morgan fingerprint density at radius 2 is 1.81 bits per heavy atom. The van der Waals surface area contributed by atoms with Crippen LogP contribution in [0.5, 0.6) is 0 Å². The summed E-state index contributed by atoms with van der Waals surface area (Å²) in [4.78, 5) is 0. The maximum Gasteiger partial charge on any atom is 0.104 e. The highest BCUT2D eigenvalue weighted by atomic mass is 16.2. The van der Waals surface area contributed by atoms with Crippen LogP contribution in [0.4, 0.5) is 0 Å². The van der Waals surface area contributed by atoms with Crippen molar-refractivity contribution in [1.82, 2.24) is 5.32 Å². The van der Waals surface area contributed by atoms with Crippen molar-refractivity contribution >= 4 is 0 Å². The fourth-order valence-electron chi connectivity index (χ4n) is 1.21. The molecule has 0 atom stereocenters. The van der Waals surface area contributed by atoms with E-state index in [0.717, 1.165) is 12.1 Å². The van der Waals surface area contributed by atoms with E-state index in [-0.39, 0.29) is 12.1 Å². The molecular weight excluding hydrogens is 198 g/mol. The van der Waals surface area contributed by atoms with E-state index in [1.165, 1.54) is 5.56 Å². The molecule has 0 fully saturated rings. The molecule has 0 unspecified atom stereocenters. The number of rotatable bonds is 2. The number of nitrogens with one attached hydrogen (secondary N) is 1. The molecule has 86 valence electrons. The van der Waals surface area contributed by atoms with Crippen molar-refractivity contribution in [3.63, 3.8) is 0 Å². The number of aliphatic hydroxyl groups excluding tert-OH is 1. The van der Waals surface area contributed by atoms with Crippen LogP contribution in [0.2, 0.25) is 0 Å². The molecule has 2 nitrogen and oxygen atoms in total. The standard InChI is InChI=1S/C14H19NO/c1-14(2,3)15-11-13-8-6-12(7-9-13)5-4-10-16/h6-9,15-16H,10-11H2,1-3H3. The Labute approximate surface area is 97.7 Å². The Morgan fingerprint density at radius 3 is 2.31 bits per heavy atom. The Bertz CT molecular complexity index is 376. The average Bonchev–Trinajstić information content (AvgIpc) is 2.24. The van der Waals surface area contributed by atoms with Gasteiger partial charge in [0, 0.05) is 17.6 Å². The van der Waals surface area contributed by atoms with Gasteiger partial charge in [-0.25, -0.2) is 0 Å². The lowest BCUT2D eigenvalue weighted by Gasteiger charge is -2.20. The predicted octanol–water partition coefficient (Wildman–Crippen LogP) is 1.92. The molecule has 0 spiro atoms. The summed E-state index contributed by atoms with van der Waals surface area (Å²) in [5, 5.41) is 12.0. The summed E-state index contributed by atoms with van der Waals surface area (Å²) in [7, 11) is 0. The first-order valence-corrected chi connectivity index (χ1v) is 5.45. The molecule has 1 aromatic carbocycles. The molecule has 0 amide bonds. The third-order valence-corrected chi connectivity index (χ3v) is 2.09. The second kappa shape index (κ2) is 5.69. The van der Waals surface area contributed by atoms with E-state index in [4.69, 9.17) is 5.11 Å². The lowest BCUT2D eigenvalue weighted by atomic mass is 10.1. The SMILES string of the molecule is CC(C)(C)NCc1ccc(C#CCO)cc1. The number of hydrogen-bond donors (Lipinski definition) is 2. The molecule has 2 N–H and O–H groups in total. The van der Waals surface area contributed by atoms with Crippen molar-refractivity contribution in [3.05, 3.63) is 35.4 Å². The van der Waals surface area contributed by atoms with Crippen LogP contribution in [0.15, 0.2) is 24.3 Å². The first-order valence-electron chi connectivity index (χ1n) is 5.45. The largest absolute Gasteiger partial charge is 0.384 e. The number of aliphatic hydroxyl groups is 1. The molecule has 2 heteroatoms. The number of benzene rings is 1. The average molecular weight is 217 g/mol. The molecular formula is C14H19NO. The molecule has 16 heavy (non-hydrogen) atoms. The molecule has 0 aliphatic heterocycles. The fraction of sp³-hybridized carbons (Fsp3) is 0.429. The summed E-state index contributed by atoms with van der Waals surface area (Å²) >= 11 is 0. The van der Waals surface area contributed by atoms with E-state index in [2.05, 4.69) is 50.1 Å². The van der Waals surface area contributed by atoms with Gasteiger partial charge in [0.05, 0.1) is 0 Å². The maximum atomic E-state index is 8.57. The van der Waals surface area contributed by atoms with Gasteiger partial charge in [-0.15, -0.1) is 0 Å². The summed E-state index contributed by atoms with van der Waals surface area (Å²) in [5.41, 5.74) is 2.31. The Morgan fingerprint density at radius 1 is 1.19 bits per heavy atom. The van der Waals surface area contributed by atoms with Crippen LogP contribution in [0, 0.1) is 11.8 Å². The summed E-state index contributed by atoms with van der Waals surface area (Å²) in [5.74, 6) is 5.50. The predicted molar refractivity (Wildman–Crippen MR) is 67.0 cm³/mol. The summed E-state index contributed by atoms with van der Waals surface area (Å²) < 4.78 is 0. The zero-order valence-corrected chi connectivity index (χ0v) is 10.2. The van der Waals surface area contributed by atoms with Gasteiger partial charge in [-0.1, -0.05) is 24.0 Å². The lowest BCUT2D eigenvalue weighted by molar-refractivity contribution is 0.350. The van der Waals surface area contributed by atoms with Gasteiger partial charge in [0.1, 0.15) is 6.61 Å². The van der Waals surface area contributed by atoms with Crippen molar-refractivity contribution in [3.8, 4) is 11.8 Å². The van der Waals surface area contributed by atoms with Crippen LogP contribution in [0.25, 0.3) is 0 Å². The molecule has 0 bridgehead atoms. The van der Waals surface area contributed by atoms with Gasteiger partial charge in [-0.2, -0.15) is 0 Å². The Balaban J connectivity index is 2.58. The van der Waals surface area contributed by atoms with Gasteiger partial charge in [0.25, 0.3) is 0 Å². The van der Waals surface area contributed by atoms with Crippen LogP contribution in [-0.2, 0) is 6.54 Å². The van der Waals surface area contributed by atoms with E-state index in [9.17, 15) is 0 Å². The van der Waals surface area contributed by atoms with Gasteiger partial charge >= 0.3 is 0 Å². The first-order chi connectivity index (χ1) is 7.51. The molecule has 0 aliphatic carbocycles. The molecule has 0 heterocycles. The highest BCUT2D eigenvalue weighted by Gasteiger charge is 2.07. The molecule has 0 saturated heterocycles. The van der Waals surface area contributed by atoms with Crippen molar-refractivity contribution in [2.45, 2.75) is 32.9 Å². The van der Waals surface area contributed by atoms with Crippen LogP contribution in [0.3, 0.4) is 0 Å². The maximum absolute atomic E-state index is 8.57. The van der Waals surface area contributed by atoms with Crippen molar-refractivity contribution in [2.24, 2.45) is 0 Å². The van der Waals surface area contributed by atoms with Crippen LogP contribution < -0.4 is 5.32 Å². The van der Waals surface area contributed by atoms with Gasteiger partial charge in [-0.3, -0.25) is 0 Å². The Hall–Kier alpha value is -1.30. The summed E-state index contributed by atoms with van der Waals surface area (Å²) in [6.45, 7) is 7.21. The smallest absolute Gasteiger partial charge is 0.104 e. The topological polar surface area (TPSA) is 32.3 Å². The minimum atomic E-state index is -0.0899. The highest BCUT2D eigenvalue weighted by molar-refractivity contribution is 5.36. The number of hydrogen-bond acceptors (Lipinski definition) is 2. The van der Waals surface area contributed by atoms with Gasteiger partial charge in [-0.05, 0) is 38.5 Å². The van der Waals surface area contributed by atoms with Crippen molar-refractivity contribution in [2.75, 3.05) is 6.61 Å². The van der Waals surface area contributed by atoms with Crippen LogP contribution >= 0.6 is 0 Å². The van der Waals surface area contributed by atoms with Crippen LogP contribution in [0.1, 0.15) is 31.9 Å². The molecule has 1 aromatic rings. The second-order valence-electron chi connectivity index (χ2n) is 4.76. The zero-order chi connectivity index (χ0) is 12.0. The highest BCUT2D eigenvalue weighted by Crippen LogP contribution is 2.06. The third kappa shape index (κ3) is 4.97. The quantitative estimate of drug-likeness (QED) is 0.742. The summed E-state index contributed by atoms with van der Waals surface area (Å²) in [6.07, 6.45) is 0.